The first-order valence-electron chi connectivity index (χ1n) is 8.37. The summed E-state index contributed by atoms with van der Waals surface area (Å²) in [4.78, 5) is 10.2. The molecule has 0 aromatic heterocycles. The lowest BCUT2D eigenvalue weighted by Crippen LogP contribution is -1.80. The second-order valence-corrected chi connectivity index (χ2v) is 6.21. The van der Waals surface area contributed by atoms with Gasteiger partial charge in [0.2, 0.25) is 0 Å². The highest BCUT2D eigenvalue weighted by Gasteiger charge is 1.91. The SMILES string of the molecule is CC(C)=CCC/C(C)=C/CC/C(C)=C/C=C/C(C)=C/C=C/C=O. The highest BCUT2D eigenvalue weighted by atomic mass is 16.1. The Balaban J connectivity index is 4.20. The van der Waals surface area contributed by atoms with Gasteiger partial charge < -0.3 is 0 Å². The fourth-order valence-corrected chi connectivity index (χ4v) is 1.99. The van der Waals surface area contributed by atoms with Crippen LogP contribution in [0.15, 0.2) is 70.9 Å². The Hall–Kier alpha value is -1.89. The number of hydrogen-bond acceptors (Lipinski definition) is 1. The lowest BCUT2D eigenvalue weighted by molar-refractivity contribution is -0.104. The summed E-state index contributed by atoms with van der Waals surface area (Å²) in [7, 11) is 0. The molecule has 0 fully saturated rings. The van der Waals surface area contributed by atoms with Gasteiger partial charge in [0.25, 0.3) is 0 Å². The fourth-order valence-electron chi connectivity index (χ4n) is 1.99. The highest BCUT2D eigenvalue weighted by molar-refractivity contribution is 5.65. The Kier molecular flexibility index (Phi) is 12.6. The van der Waals surface area contributed by atoms with Crippen LogP contribution in [0.2, 0.25) is 0 Å². The van der Waals surface area contributed by atoms with E-state index in [9.17, 15) is 4.79 Å². The Morgan fingerprint density at radius 1 is 0.739 bits per heavy atom. The van der Waals surface area contributed by atoms with Gasteiger partial charge in [-0.3, -0.25) is 4.79 Å². The van der Waals surface area contributed by atoms with E-state index in [1.165, 1.54) is 22.8 Å². The van der Waals surface area contributed by atoms with Crippen LogP contribution in [-0.2, 0) is 4.79 Å². The molecule has 0 amide bonds. The van der Waals surface area contributed by atoms with E-state index in [4.69, 9.17) is 0 Å². The van der Waals surface area contributed by atoms with Crippen LogP contribution in [0.1, 0.15) is 60.3 Å². The van der Waals surface area contributed by atoms with Crippen molar-refractivity contribution in [2.24, 2.45) is 0 Å². The smallest absolute Gasteiger partial charge is 0.142 e. The van der Waals surface area contributed by atoms with Crippen molar-refractivity contribution >= 4 is 6.29 Å². The van der Waals surface area contributed by atoms with Gasteiger partial charge in [-0.15, -0.1) is 0 Å². The van der Waals surface area contributed by atoms with Crippen molar-refractivity contribution in [2.75, 3.05) is 0 Å². The Morgan fingerprint density at radius 3 is 2.04 bits per heavy atom. The van der Waals surface area contributed by atoms with Gasteiger partial charge in [-0.1, -0.05) is 64.8 Å². The zero-order chi connectivity index (χ0) is 17.5. The molecule has 0 N–H and O–H groups in total. The maximum atomic E-state index is 10.2. The number of aldehydes is 1. The number of carbonyl (C=O) groups excluding carboxylic acids is 1. The Labute approximate surface area is 142 Å². The largest absolute Gasteiger partial charge is 0.299 e. The van der Waals surface area contributed by atoms with E-state index in [0.29, 0.717) is 0 Å². The zero-order valence-corrected chi connectivity index (χ0v) is 15.4. The fraction of sp³-hybridized carbons (Fsp3) is 0.409. The maximum absolute atomic E-state index is 10.2. The molecule has 0 aliphatic carbocycles. The molecule has 0 aliphatic rings. The maximum Gasteiger partial charge on any atom is 0.142 e. The minimum absolute atomic E-state index is 0.784. The molecule has 0 aromatic carbocycles. The van der Waals surface area contributed by atoms with E-state index in [1.807, 2.05) is 13.0 Å². The quantitative estimate of drug-likeness (QED) is 0.191. The molecule has 0 heterocycles. The van der Waals surface area contributed by atoms with Gasteiger partial charge in [0.15, 0.2) is 0 Å². The third kappa shape index (κ3) is 14.8. The monoisotopic (exact) mass is 312 g/mol. The van der Waals surface area contributed by atoms with Crippen molar-refractivity contribution in [3.8, 4) is 0 Å². The summed E-state index contributed by atoms with van der Waals surface area (Å²) < 4.78 is 0. The molecule has 0 bridgehead atoms. The van der Waals surface area contributed by atoms with Crippen molar-refractivity contribution in [2.45, 2.75) is 60.3 Å². The van der Waals surface area contributed by atoms with Crippen LogP contribution in [0, 0.1) is 0 Å². The summed E-state index contributed by atoms with van der Waals surface area (Å²) in [5.74, 6) is 0. The van der Waals surface area contributed by atoms with Crippen LogP contribution in [0.4, 0.5) is 0 Å². The van der Waals surface area contributed by atoms with Crippen molar-refractivity contribution in [3.63, 3.8) is 0 Å². The molecule has 0 radical (unpaired) electrons. The number of carbonyl (C=O) groups is 1. The topological polar surface area (TPSA) is 17.1 Å². The molecule has 0 spiro atoms. The van der Waals surface area contributed by atoms with Crippen molar-refractivity contribution in [1.82, 2.24) is 0 Å². The van der Waals surface area contributed by atoms with Gasteiger partial charge in [0.05, 0.1) is 0 Å². The van der Waals surface area contributed by atoms with Gasteiger partial charge in [-0.2, -0.15) is 0 Å². The van der Waals surface area contributed by atoms with Crippen molar-refractivity contribution in [3.05, 3.63) is 70.9 Å². The standard InChI is InChI=1S/C22H32O/c1-19(2)11-8-13-21(4)15-10-17-22(5)16-9-14-20(3)12-6-7-18-23/h6-7,9,11-12,14-16,18H,8,10,13,17H2,1-5H3/b7-6+,14-9+,20-12+,21-15+,22-16+. The molecular formula is C22H32O. The zero-order valence-electron chi connectivity index (χ0n) is 15.4. The van der Waals surface area contributed by atoms with Gasteiger partial charge in [0.1, 0.15) is 6.29 Å². The predicted molar refractivity (Wildman–Crippen MR) is 104 cm³/mol. The van der Waals surface area contributed by atoms with E-state index in [1.54, 1.807) is 6.08 Å². The van der Waals surface area contributed by atoms with E-state index in [-0.39, 0.29) is 0 Å². The lowest BCUT2D eigenvalue weighted by atomic mass is 10.1. The average molecular weight is 312 g/mol. The summed E-state index contributed by atoms with van der Waals surface area (Å²) in [6.45, 7) is 10.7. The molecule has 0 rings (SSSR count). The van der Waals surface area contributed by atoms with Gasteiger partial charge in [0, 0.05) is 0 Å². The minimum Gasteiger partial charge on any atom is -0.299 e. The third-order valence-corrected chi connectivity index (χ3v) is 3.41. The van der Waals surface area contributed by atoms with Crippen LogP contribution in [-0.4, -0.2) is 6.29 Å². The molecule has 23 heavy (non-hydrogen) atoms. The first-order valence-corrected chi connectivity index (χ1v) is 8.37. The normalized spacial score (nSPS) is 13.9. The second-order valence-electron chi connectivity index (χ2n) is 6.21. The average Bonchev–Trinajstić information content (AvgIpc) is 2.47. The van der Waals surface area contributed by atoms with Gasteiger partial charge in [-0.25, -0.2) is 0 Å². The minimum atomic E-state index is 0.784. The van der Waals surface area contributed by atoms with E-state index in [2.05, 4.69) is 58.1 Å². The van der Waals surface area contributed by atoms with Crippen LogP contribution in [0.25, 0.3) is 0 Å². The van der Waals surface area contributed by atoms with Gasteiger partial charge in [-0.05, 0) is 66.4 Å². The number of hydrogen-bond donors (Lipinski definition) is 0. The summed E-state index contributed by atoms with van der Waals surface area (Å²) in [5.41, 5.74) is 5.38. The molecular weight excluding hydrogens is 280 g/mol. The number of allylic oxidation sites excluding steroid dienone is 12. The van der Waals surface area contributed by atoms with Crippen molar-refractivity contribution < 1.29 is 4.79 Å². The summed E-state index contributed by atoms with van der Waals surface area (Å²) >= 11 is 0. The van der Waals surface area contributed by atoms with Crippen LogP contribution < -0.4 is 0 Å². The summed E-state index contributed by atoms with van der Waals surface area (Å²) in [5, 5.41) is 0. The molecule has 126 valence electrons. The molecule has 0 atom stereocenters. The molecule has 0 unspecified atom stereocenters. The second kappa shape index (κ2) is 13.8. The van der Waals surface area contributed by atoms with Crippen LogP contribution >= 0.6 is 0 Å². The highest BCUT2D eigenvalue weighted by Crippen LogP contribution is 2.11. The molecule has 0 aromatic rings. The third-order valence-electron chi connectivity index (χ3n) is 3.41. The Morgan fingerprint density at radius 2 is 1.39 bits per heavy atom. The number of rotatable bonds is 10. The van der Waals surface area contributed by atoms with Crippen LogP contribution in [0.3, 0.4) is 0 Å². The predicted octanol–water partition coefficient (Wildman–Crippen LogP) is 6.66. The molecule has 1 nitrogen and oxygen atoms in total. The molecule has 0 saturated carbocycles. The molecule has 0 saturated heterocycles. The first-order chi connectivity index (χ1) is 11.0. The van der Waals surface area contributed by atoms with E-state index >= 15 is 0 Å². The molecule has 0 aliphatic heterocycles. The van der Waals surface area contributed by atoms with E-state index < -0.39 is 0 Å². The van der Waals surface area contributed by atoms with Crippen LogP contribution in [0.5, 0.6) is 0 Å². The Bertz CT molecular complexity index is 518. The molecule has 1 heteroatoms. The lowest BCUT2D eigenvalue weighted by Gasteiger charge is -2.00. The summed E-state index contributed by atoms with van der Waals surface area (Å²) in [6, 6.07) is 0. The summed E-state index contributed by atoms with van der Waals surface area (Å²) in [6.07, 6.45) is 21.4. The van der Waals surface area contributed by atoms with Crippen molar-refractivity contribution in [1.29, 1.82) is 0 Å². The first kappa shape index (κ1) is 21.1. The van der Waals surface area contributed by atoms with E-state index in [0.717, 1.165) is 37.5 Å². The van der Waals surface area contributed by atoms with Gasteiger partial charge >= 0.3 is 0 Å².